The summed E-state index contributed by atoms with van der Waals surface area (Å²) in [6.07, 6.45) is 3.32. The highest BCUT2D eigenvalue weighted by molar-refractivity contribution is 7.13. The molecule has 0 saturated carbocycles. The van der Waals surface area contributed by atoms with Crippen molar-refractivity contribution in [2.24, 2.45) is 5.41 Å². The first kappa shape index (κ1) is 17.1. The highest BCUT2D eigenvalue weighted by atomic mass is 32.1. The number of carbonyl (C=O) groups is 1. The third-order valence-electron chi connectivity index (χ3n) is 4.60. The second-order valence-corrected chi connectivity index (χ2v) is 7.24. The molecule has 0 radical (unpaired) electrons. The molecule has 1 aliphatic heterocycles. The molecule has 1 amide bonds. The highest BCUT2D eigenvalue weighted by Gasteiger charge is 2.34. The smallest absolute Gasteiger partial charge is 0.253 e. The molecule has 0 unspecified atom stereocenters. The maximum atomic E-state index is 12.8. The first-order chi connectivity index (χ1) is 11.6. The molecule has 1 aromatic carbocycles. The minimum absolute atomic E-state index is 0.0345. The van der Waals surface area contributed by atoms with Gasteiger partial charge in [0, 0.05) is 54.9 Å². The van der Waals surface area contributed by atoms with E-state index in [1.807, 2.05) is 29.6 Å². The molecular formula is C18H22N2O3S. The standard InChI is InChI=1S/C18H22N2O3S/c1-20(12-18(13-21)5-8-23-9-6-18)17(22)15-4-2-3-14(11-15)16-19-7-10-24-16/h2-4,7,10-11,21H,5-6,8-9,12-13H2,1H3. The quantitative estimate of drug-likeness (QED) is 0.904. The number of hydrogen-bond donors (Lipinski definition) is 1. The molecular weight excluding hydrogens is 324 g/mol. The Morgan fingerprint density at radius 3 is 2.88 bits per heavy atom. The van der Waals surface area contributed by atoms with Crippen LogP contribution in [0.15, 0.2) is 35.8 Å². The van der Waals surface area contributed by atoms with E-state index in [1.165, 1.54) is 0 Å². The van der Waals surface area contributed by atoms with E-state index in [0.29, 0.717) is 25.3 Å². The summed E-state index contributed by atoms with van der Waals surface area (Å²) in [4.78, 5) is 18.8. The van der Waals surface area contributed by atoms with Crippen LogP contribution in [0.1, 0.15) is 23.2 Å². The van der Waals surface area contributed by atoms with Crippen molar-refractivity contribution in [1.82, 2.24) is 9.88 Å². The number of ether oxygens (including phenoxy) is 1. The van der Waals surface area contributed by atoms with Crippen molar-refractivity contribution < 1.29 is 14.6 Å². The minimum Gasteiger partial charge on any atom is -0.396 e. The number of carbonyl (C=O) groups excluding carboxylic acids is 1. The van der Waals surface area contributed by atoms with Crippen LogP contribution in [0, 0.1) is 5.41 Å². The Hall–Kier alpha value is -1.76. The van der Waals surface area contributed by atoms with Crippen LogP contribution < -0.4 is 0 Å². The van der Waals surface area contributed by atoms with Crippen LogP contribution in [0.4, 0.5) is 0 Å². The van der Waals surface area contributed by atoms with Crippen molar-refractivity contribution >= 4 is 17.2 Å². The van der Waals surface area contributed by atoms with Gasteiger partial charge in [0.15, 0.2) is 0 Å². The van der Waals surface area contributed by atoms with Gasteiger partial charge in [0.1, 0.15) is 5.01 Å². The number of thiazole rings is 1. The van der Waals surface area contributed by atoms with Gasteiger partial charge in [-0.05, 0) is 25.0 Å². The van der Waals surface area contributed by atoms with Crippen molar-refractivity contribution in [3.8, 4) is 10.6 Å². The zero-order chi connectivity index (χ0) is 17.0. The fourth-order valence-electron chi connectivity index (χ4n) is 3.12. The fraction of sp³-hybridized carbons (Fsp3) is 0.444. The zero-order valence-corrected chi connectivity index (χ0v) is 14.6. The van der Waals surface area contributed by atoms with Crippen LogP contribution in [0.5, 0.6) is 0 Å². The van der Waals surface area contributed by atoms with Crippen molar-refractivity contribution in [3.05, 3.63) is 41.4 Å². The van der Waals surface area contributed by atoms with Crippen molar-refractivity contribution in [3.63, 3.8) is 0 Å². The Morgan fingerprint density at radius 1 is 1.42 bits per heavy atom. The molecule has 0 bridgehead atoms. The normalized spacial score (nSPS) is 16.8. The number of hydrogen-bond acceptors (Lipinski definition) is 5. The van der Waals surface area contributed by atoms with Crippen LogP contribution in [-0.2, 0) is 4.74 Å². The van der Waals surface area contributed by atoms with Gasteiger partial charge < -0.3 is 14.7 Å². The molecule has 1 fully saturated rings. The van der Waals surface area contributed by atoms with Gasteiger partial charge in [-0.15, -0.1) is 11.3 Å². The third-order valence-corrected chi connectivity index (χ3v) is 5.42. The molecule has 1 N–H and O–H groups in total. The Morgan fingerprint density at radius 2 is 2.21 bits per heavy atom. The highest BCUT2D eigenvalue weighted by Crippen LogP contribution is 2.31. The number of rotatable bonds is 5. The van der Waals surface area contributed by atoms with Crippen LogP contribution in [0.25, 0.3) is 10.6 Å². The number of amides is 1. The lowest BCUT2D eigenvalue weighted by molar-refractivity contribution is -0.0282. The average Bonchev–Trinajstić information content (AvgIpc) is 3.16. The van der Waals surface area contributed by atoms with Crippen LogP contribution in [-0.4, -0.2) is 54.3 Å². The van der Waals surface area contributed by atoms with Gasteiger partial charge in [0.25, 0.3) is 5.91 Å². The molecule has 24 heavy (non-hydrogen) atoms. The number of aliphatic hydroxyl groups is 1. The summed E-state index contributed by atoms with van der Waals surface area (Å²) in [7, 11) is 1.80. The monoisotopic (exact) mass is 346 g/mol. The molecule has 5 nitrogen and oxygen atoms in total. The van der Waals surface area contributed by atoms with E-state index in [-0.39, 0.29) is 17.9 Å². The van der Waals surface area contributed by atoms with E-state index < -0.39 is 0 Å². The van der Waals surface area contributed by atoms with Gasteiger partial charge in [-0.1, -0.05) is 12.1 Å². The van der Waals surface area contributed by atoms with E-state index in [9.17, 15) is 9.90 Å². The van der Waals surface area contributed by atoms with Crippen molar-refractivity contribution in [1.29, 1.82) is 0 Å². The predicted molar refractivity (Wildman–Crippen MR) is 94.1 cm³/mol. The summed E-state index contributed by atoms with van der Waals surface area (Å²) in [5.74, 6) is -0.0345. The first-order valence-electron chi connectivity index (χ1n) is 8.08. The zero-order valence-electron chi connectivity index (χ0n) is 13.8. The van der Waals surface area contributed by atoms with Crippen molar-refractivity contribution in [2.75, 3.05) is 33.4 Å². The molecule has 1 saturated heterocycles. The van der Waals surface area contributed by atoms with Crippen molar-refractivity contribution in [2.45, 2.75) is 12.8 Å². The van der Waals surface area contributed by atoms with Crippen LogP contribution >= 0.6 is 11.3 Å². The average molecular weight is 346 g/mol. The van der Waals surface area contributed by atoms with Gasteiger partial charge in [-0.3, -0.25) is 4.79 Å². The van der Waals surface area contributed by atoms with E-state index in [2.05, 4.69) is 4.98 Å². The molecule has 6 heteroatoms. The number of aliphatic hydroxyl groups excluding tert-OH is 1. The van der Waals surface area contributed by atoms with Gasteiger partial charge in [-0.25, -0.2) is 4.98 Å². The topological polar surface area (TPSA) is 62.7 Å². The summed E-state index contributed by atoms with van der Waals surface area (Å²) in [6.45, 7) is 1.89. The lowest BCUT2D eigenvalue weighted by atomic mass is 9.80. The maximum absolute atomic E-state index is 12.8. The summed E-state index contributed by atoms with van der Waals surface area (Å²) in [5, 5.41) is 12.6. The van der Waals surface area contributed by atoms with Gasteiger partial charge in [0.2, 0.25) is 0 Å². The molecule has 1 aliphatic rings. The molecule has 2 aromatic rings. The largest absolute Gasteiger partial charge is 0.396 e. The summed E-state index contributed by atoms with van der Waals surface area (Å²) in [5.41, 5.74) is 1.34. The van der Waals surface area contributed by atoms with Gasteiger partial charge in [-0.2, -0.15) is 0 Å². The molecule has 3 rings (SSSR count). The first-order valence-corrected chi connectivity index (χ1v) is 8.95. The summed E-state index contributed by atoms with van der Waals surface area (Å²) < 4.78 is 5.39. The Labute approximate surface area is 145 Å². The Bertz CT molecular complexity index is 681. The number of nitrogens with zero attached hydrogens (tertiary/aromatic N) is 2. The van der Waals surface area contributed by atoms with E-state index >= 15 is 0 Å². The predicted octanol–water partition coefficient (Wildman–Crippen LogP) is 2.67. The molecule has 128 valence electrons. The lowest BCUT2D eigenvalue weighted by Crippen LogP contribution is -2.44. The van der Waals surface area contributed by atoms with E-state index in [0.717, 1.165) is 23.4 Å². The van der Waals surface area contributed by atoms with Gasteiger partial charge >= 0.3 is 0 Å². The maximum Gasteiger partial charge on any atom is 0.253 e. The third kappa shape index (κ3) is 3.66. The second-order valence-electron chi connectivity index (χ2n) is 6.35. The lowest BCUT2D eigenvalue weighted by Gasteiger charge is -2.38. The van der Waals surface area contributed by atoms with Gasteiger partial charge in [0.05, 0.1) is 6.61 Å². The number of aromatic nitrogens is 1. The van der Waals surface area contributed by atoms with E-state index in [4.69, 9.17) is 4.74 Å². The summed E-state index contributed by atoms with van der Waals surface area (Å²) in [6, 6.07) is 7.55. The van der Waals surface area contributed by atoms with Crippen LogP contribution in [0.3, 0.4) is 0 Å². The minimum atomic E-state index is -0.254. The van der Waals surface area contributed by atoms with E-state index in [1.54, 1.807) is 29.5 Å². The Kier molecular flexibility index (Phi) is 5.28. The fourth-order valence-corrected chi connectivity index (χ4v) is 3.75. The molecule has 2 heterocycles. The number of benzene rings is 1. The van der Waals surface area contributed by atoms with Crippen LogP contribution in [0.2, 0.25) is 0 Å². The molecule has 0 spiro atoms. The molecule has 1 aromatic heterocycles. The second kappa shape index (κ2) is 7.42. The molecule has 0 aliphatic carbocycles. The summed E-state index contributed by atoms with van der Waals surface area (Å²) >= 11 is 1.55. The Balaban J connectivity index is 1.75. The molecule has 0 atom stereocenters. The SMILES string of the molecule is CN(CC1(CO)CCOCC1)C(=O)c1cccc(-c2nccs2)c1.